The summed E-state index contributed by atoms with van der Waals surface area (Å²) in [4.78, 5) is 0. The van der Waals surface area contributed by atoms with E-state index in [0.29, 0.717) is 26.1 Å². The quantitative estimate of drug-likeness (QED) is 0.731. The summed E-state index contributed by atoms with van der Waals surface area (Å²) in [6, 6.07) is 7.19. The predicted molar refractivity (Wildman–Crippen MR) is 64.8 cm³/mol. The molecule has 0 saturated carbocycles. The Balaban J connectivity index is 1.86. The molecule has 0 amide bonds. The van der Waals surface area contributed by atoms with Gasteiger partial charge in [0.15, 0.2) is 0 Å². The summed E-state index contributed by atoms with van der Waals surface area (Å²) >= 11 is 0. The van der Waals surface area contributed by atoms with Crippen molar-refractivity contribution < 1.29 is 14.9 Å². The Kier molecular flexibility index (Phi) is 3.66. The predicted octanol–water partition coefficient (Wildman–Crippen LogP) is 1.02. The first kappa shape index (κ1) is 12.4. The van der Waals surface area contributed by atoms with E-state index in [9.17, 15) is 10.2 Å². The minimum absolute atomic E-state index is 0.139. The Morgan fingerprint density at radius 2 is 2.24 bits per heavy atom. The Bertz CT molecular complexity index is 383. The van der Waals surface area contributed by atoms with E-state index in [1.54, 1.807) is 12.1 Å². The van der Waals surface area contributed by atoms with Gasteiger partial charge < -0.3 is 20.3 Å². The van der Waals surface area contributed by atoms with Crippen LogP contribution in [0.2, 0.25) is 0 Å². The van der Waals surface area contributed by atoms with E-state index in [-0.39, 0.29) is 11.9 Å². The molecule has 0 radical (unpaired) electrons. The smallest absolute Gasteiger partial charge is 0.120 e. The van der Waals surface area contributed by atoms with Crippen LogP contribution in [-0.2, 0) is 11.3 Å². The topological polar surface area (TPSA) is 61.7 Å². The molecule has 3 N–H and O–H groups in total. The molecule has 4 heteroatoms. The average Bonchev–Trinajstić information content (AvgIpc) is 2.62. The number of nitrogens with one attached hydrogen (secondary N) is 1. The van der Waals surface area contributed by atoms with Crippen LogP contribution >= 0.6 is 0 Å². The molecule has 1 saturated heterocycles. The van der Waals surface area contributed by atoms with E-state index < -0.39 is 5.60 Å². The number of hydrogen-bond acceptors (Lipinski definition) is 4. The largest absolute Gasteiger partial charge is 0.508 e. The van der Waals surface area contributed by atoms with E-state index >= 15 is 0 Å². The summed E-state index contributed by atoms with van der Waals surface area (Å²) in [5.41, 5.74) is 0.0485. The van der Waals surface area contributed by atoms with Gasteiger partial charge in [-0.25, -0.2) is 0 Å². The first-order valence-electron chi connectivity index (χ1n) is 5.93. The van der Waals surface area contributed by atoms with E-state index in [1.807, 2.05) is 19.1 Å². The van der Waals surface area contributed by atoms with Gasteiger partial charge in [-0.15, -0.1) is 0 Å². The molecule has 1 aromatic carbocycles. The molecule has 4 nitrogen and oxygen atoms in total. The summed E-state index contributed by atoms with van der Waals surface area (Å²) in [5.74, 6) is 0.280. The van der Waals surface area contributed by atoms with Gasteiger partial charge in [-0.2, -0.15) is 0 Å². The molecular formula is C13H19NO3. The number of hydrogen-bond donors (Lipinski definition) is 3. The minimum atomic E-state index is -0.787. The monoisotopic (exact) mass is 237 g/mol. The minimum Gasteiger partial charge on any atom is -0.508 e. The molecule has 1 heterocycles. The maximum atomic E-state index is 10.3. The molecule has 1 aliphatic rings. The summed E-state index contributed by atoms with van der Waals surface area (Å²) < 4.78 is 5.36. The normalized spacial score (nSPS) is 28.5. The molecule has 1 aromatic rings. The molecule has 2 unspecified atom stereocenters. The number of benzene rings is 1. The molecule has 0 spiro atoms. The van der Waals surface area contributed by atoms with Crippen LogP contribution in [0.15, 0.2) is 24.3 Å². The van der Waals surface area contributed by atoms with Gasteiger partial charge in [0.1, 0.15) is 11.4 Å². The van der Waals surface area contributed by atoms with E-state index in [2.05, 4.69) is 5.32 Å². The summed E-state index contributed by atoms with van der Waals surface area (Å²) in [7, 11) is 0. The second-order valence-electron chi connectivity index (χ2n) is 4.60. The first-order valence-corrected chi connectivity index (χ1v) is 5.93. The Morgan fingerprint density at radius 1 is 1.47 bits per heavy atom. The summed E-state index contributed by atoms with van der Waals surface area (Å²) in [6.07, 6.45) is 0.515. The lowest BCUT2D eigenvalue weighted by molar-refractivity contribution is -0.0263. The maximum absolute atomic E-state index is 10.3. The van der Waals surface area contributed by atoms with Crippen LogP contribution < -0.4 is 5.32 Å². The highest BCUT2D eigenvalue weighted by Gasteiger charge is 2.38. The van der Waals surface area contributed by atoms with Crippen LogP contribution in [0.5, 0.6) is 5.75 Å². The van der Waals surface area contributed by atoms with Gasteiger partial charge in [-0.3, -0.25) is 0 Å². The van der Waals surface area contributed by atoms with Crippen LogP contribution in [0.3, 0.4) is 0 Å². The van der Waals surface area contributed by atoms with Crippen LogP contribution in [0, 0.1) is 0 Å². The summed E-state index contributed by atoms with van der Waals surface area (Å²) in [6.45, 7) is 3.51. The van der Waals surface area contributed by atoms with Gasteiger partial charge in [-0.1, -0.05) is 18.2 Å². The molecule has 17 heavy (non-hydrogen) atoms. The number of aromatic hydroxyl groups is 1. The van der Waals surface area contributed by atoms with Crippen molar-refractivity contribution in [3.8, 4) is 5.75 Å². The van der Waals surface area contributed by atoms with Gasteiger partial charge >= 0.3 is 0 Å². The average molecular weight is 237 g/mol. The van der Waals surface area contributed by atoms with Crippen molar-refractivity contribution >= 4 is 0 Å². The van der Waals surface area contributed by atoms with Crippen molar-refractivity contribution in [3.63, 3.8) is 0 Å². The Hall–Kier alpha value is -1.10. The van der Waals surface area contributed by atoms with Gasteiger partial charge in [-0.05, 0) is 13.0 Å². The van der Waals surface area contributed by atoms with Crippen molar-refractivity contribution in [2.45, 2.75) is 31.6 Å². The number of phenols is 1. The van der Waals surface area contributed by atoms with Crippen molar-refractivity contribution in [2.24, 2.45) is 0 Å². The van der Waals surface area contributed by atoms with Gasteiger partial charge in [0.25, 0.3) is 0 Å². The summed E-state index contributed by atoms with van der Waals surface area (Å²) in [5, 5.41) is 23.0. The molecule has 1 aliphatic heterocycles. The van der Waals surface area contributed by atoms with Crippen molar-refractivity contribution in [1.29, 1.82) is 0 Å². The molecular weight excluding hydrogens is 218 g/mol. The lowest BCUT2D eigenvalue weighted by Gasteiger charge is -2.26. The molecule has 0 aliphatic carbocycles. The van der Waals surface area contributed by atoms with Crippen LogP contribution in [0.1, 0.15) is 18.9 Å². The number of rotatable bonds is 4. The van der Waals surface area contributed by atoms with Crippen LogP contribution in [0.25, 0.3) is 0 Å². The fourth-order valence-electron chi connectivity index (χ4n) is 2.08. The highest BCUT2D eigenvalue weighted by atomic mass is 16.5. The zero-order chi connectivity index (χ0) is 12.3. The van der Waals surface area contributed by atoms with Crippen LogP contribution in [0.4, 0.5) is 0 Å². The third-order valence-electron chi connectivity index (χ3n) is 3.40. The SMILES string of the molecule is CC1OCCC1(O)CNCc1ccccc1O. The van der Waals surface area contributed by atoms with Crippen molar-refractivity contribution in [2.75, 3.05) is 13.2 Å². The number of phenolic OH excluding ortho intramolecular Hbond substituents is 1. The number of aliphatic hydroxyl groups is 1. The number of para-hydroxylation sites is 1. The molecule has 0 aromatic heterocycles. The number of ether oxygens (including phenoxy) is 1. The standard InChI is InChI=1S/C13H19NO3/c1-10-13(16,6-7-17-10)9-14-8-11-4-2-3-5-12(11)15/h2-5,10,14-16H,6-9H2,1H3. The van der Waals surface area contributed by atoms with Crippen molar-refractivity contribution in [1.82, 2.24) is 5.32 Å². The third kappa shape index (κ3) is 2.77. The third-order valence-corrected chi connectivity index (χ3v) is 3.40. The fourth-order valence-corrected chi connectivity index (χ4v) is 2.08. The lowest BCUT2D eigenvalue weighted by Crippen LogP contribution is -2.45. The second kappa shape index (κ2) is 5.04. The molecule has 1 fully saturated rings. The van der Waals surface area contributed by atoms with Gasteiger partial charge in [0.05, 0.1) is 6.10 Å². The first-order chi connectivity index (χ1) is 8.12. The van der Waals surface area contributed by atoms with E-state index in [1.165, 1.54) is 0 Å². The lowest BCUT2D eigenvalue weighted by atomic mass is 9.96. The fraction of sp³-hybridized carbons (Fsp3) is 0.538. The molecule has 0 bridgehead atoms. The molecule has 2 rings (SSSR count). The molecule has 94 valence electrons. The van der Waals surface area contributed by atoms with Gasteiger partial charge in [0, 0.05) is 31.7 Å². The Labute approximate surface area is 101 Å². The highest BCUT2D eigenvalue weighted by Crippen LogP contribution is 2.25. The zero-order valence-corrected chi connectivity index (χ0v) is 10.0. The van der Waals surface area contributed by atoms with E-state index in [4.69, 9.17) is 4.74 Å². The Morgan fingerprint density at radius 3 is 2.88 bits per heavy atom. The van der Waals surface area contributed by atoms with Crippen LogP contribution in [-0.4, -0.2) is 35.1 Å². The highest BCUT2D eigenvalue weighted by molar-refractivity contribution is 5.31. The zero-order valence-electron chi connectivity index (χ0n) is 10.0. The maximum Gasteiger partial charge on any atom is 0.120 e. The van der Waals surface area contributed by atoms with Crippen molar-refractivity contribution in [3.05, 3.63) is 29.8 Å². The van der Waals surface area contributed by atoms with Gasteiger partial charge in [0.2, 0.25) is 0 Å². The molecule has 2 atom stereocenters. The second-order valence-corrected chi connectivity index (χ2v) is 4.60. The van der Waals surface area contributed by atoms with E-state index in [0.717, 1.165) is 5.56 Å².